The summed E-state index contributed by atoms with van der Waals surface area (Å²) in [6, 6.07) is 5.35. The largest absolute Gasteiger partial charge is 0.385 e. The predicted molar refractivity (Wildman–Crippen MR) is 65.6 cm³/mol. The maximum absolute atomic E-state index is 10.0. The molecule has 0 bridgehead atoms. The van der Waals surface area contributed by atoms with E-state index in [2.05, 4.69) is 15.5 Å². The number of aliphatic hydroxyl groups excluding tert-OH is 1. The van der Waals surface area contributed by atoms with Crippen LogP contribution in [-0.2, 0) is 0 Å². The van der Waals surface area contributed by atoms with Gasteiger partial charge in [-0.15, -0.1) is 0 Å². The number of anilines is 1. The molecule has 0 saturated carbocycles. The van der Waals surface area contributed by atoms with Gasteiger partial charge in [-0.2, -0.15) is 5.10 Å². The van der Waals surface area contributed by atoms with Crippen LogP contribution in [0, 0.1) is 0 Å². The predicted octanol–water partition coefficient (Wildman–Crippen LogP) is 0.697. The molecule has 3 N–H and O–H groups in total. The van der Waals surface area contributed by atoms with Crippen molar-refractivity contribution in [2.24, 2.45) is 5.10 Å². The Labute approximate surface area is 98.8 Å². The molecule has 0 fully saturated rings. The lowest BCUT2D eigenvalue weighted by Gasteiger charge is -2.25. The molecule has 0 amide bonds. The van der Waals surface area contributed by atoms with E-state index in [-0.39, 0.29) is 0 Å². The van der Waals surface area contributed by atoms with Gasteiger partial charge in [-0.1, -0.05) is 24.3 Å². The van der Waals surface area contributed by atoms with Gasteiger partial charge in [0.15, 0.2) is 0 Å². The monoisotopic (exact) mass is 231 g/mol. The van der Waals surface area contributed by atoms with Crippen molar-refractivity contribution in [1.82, 2.24) is 4.98 Å². The van der Waals surface area contributed by atoms with Gasteiger partial charge in [0, 0.05) is 6.20 Å². The molecule has 0 saturated heterocycles. The van der Waals surface area contributed by atoms with Crippen LogP contribution in [0.25, 0.3) is 0 Å². The molecule has 0 aromatic carbocycles. The first kappa shape index (κ1) is 11.5. The molecule has 1 aliphatic rings. The molecule has 5 nitrogen and oxygen atoms in total. The number of aliphatic hydroxyl groups is 2. The third-order valence-corrected chi connectivity index (χ3v) is 2.36. The van der Waals surface area contributed by atoms with Gasteiger partial charge in [0.2, 0.25) is 0 Å². The van der Waals surface area contributed by atoms with Crippen LogP contribution in [0.2, 0.25) is 0 Å². The van der Waals surface area contributed by atoms with Crippen LogP contribution in [0.15, 0.2) is 53.8 Å². The molecule has 0 spiro atoms. The molecule has 1 aromatic rings. The highest BCUT2D eigenvalue weighted by Crippen LogP contribution is 2.16. The maximum atomic E-state index is 10.0. The van der Waals surface area contributed by atoms with E-state index >= 15 is 0 Å². The lowest BCUT2D eigenvalue weighted by atomic mass is 9.94. The molecular weight excluding hydrogens is 218 g/mol. The van der Waals surface area contributed by atoms with E-state index in [1.807, 2.05) is 6.07 Å². The summed E-state index contributed by atoms with van der Waals surface area (Å²) < 4.78 is 0. The van der Waals surface area contributed by atoms with Crippen molar-refractivity contribution in [1.29, 1.82) is 0 Å². The second-order valence-electron chi connectivity index (χ2n) is 3.66. The normalized spacial score (nSPS) is 27.5. The number of hydrogen-bond donors (Lipinski definition) is 3. The number of nitrogens with one attached hydrogen (secondary N) is 1. The summed E-state index contributed by atoms with van der Waals surface area (Å²) >= 11 is 0. The highest BCUT2D eigenvalue weighted by molar-refractivity contribution is 5.74. The van der Waals surface area contributed by atoms with Crippen LogP contribution in [0.4, 0.5) is 5.82 Å². The first-order chi connectivity index (χ1) is 8.21. The summed E-state index contributed by atoms with van der Waals surface area (Å²) in [5.74, 6) is 0.567. The maximum Gasteiger partial charge on any atom is 0.149 e. The number of allylic oxidation sites excluding steroid dienone is 2. The summed E-state index contributed by atoms with van der Waals surface area (Å²) in [6.07, 6.45) is 8.16. The second-order valence-corrected chi connectivity index (χ2v) is 3.66. The summed E-state index contributed by atoms with van der Waals surface area (Å²) in [6.45, 7) is 0. The Bertz CT molecular complexity index is 456. The molecule has 0 aliphatic heterocycles. The number of rotatable bonds is 3. The highest BCUT2D eigenvalue weighted by atomic mass is 16.3. The fraction of sp³-hybridized carbons (Fsp3) is 0.167. The van der Waals surface area contributed by atoms with Crippen molar-refractivity contribution in [2.45, 2.75) is 11.7 Å². The molecular formula is C12H13N3O2. The van der Waals surface area contributed by atoms with Crippen LogP contribution in [-0.4, -0.2) is 33.1 Å². The summed E-state index contributed by atoms with van der Waals surface area (Å²) in [4.78, 5) is 4.00. The van der Waals surface area contributed by atoms with Gasteiger partial charge in [0.25, 0.3) is 0 Å². The van der Waals surface area contributed by atoms with E-state index in [0.717, 1.165) is 0 Å². The number of hydrogen-bond acceptors (Lipinski definition) is 5. The van der Waals surface area contributed by atoms with E-state index in [1.54, 1.807) is 30.5 Å². The van der Waals surface area contributed by atoms with Gasteiger partial charge in [-0.05, 0) is 18.2 Å². The van der Waals surface area contributed by atoms with Crippen LogP contribution < -0.4 is 5.43 Å². The van der Waals surface area contributed by atoms with E-state index in [9.17, 15) is 10.2 Å². The van der Waals surface area contributed by atoms with Gasteiger partial charge >= 0.3 is 0 Å². The van der Waals surface area contributed by atoms with E-state index in [0.29, 0.717) is 5.82 Å². The second kappa shape index (κ2) is 4.90. The van der Waals surface area contributed by atoms with Crippen molar-refractivity contribution in [3.63, 3.8) is 0 Å². The van der Waals surface area contributed by atoms with Crippen LogP contribution in [0.1, 0.15) is 0 Å². The Kier molecular flexibility index (Phi) is 3.32. The molecule has 2 rings (SSSR count). The molecule has 1 heterocycles. The van der Waals surface area contributed by atoms with Crippen molar-refractivity contribution in [3.05, 3.63) is 48.7 Å². The Balaban J connectivity index is 2.01. The molecule has 0 radical (unpaired) electrons. The minimum absolute atomic E-state index is 0.567. The third kappa shape index (κ3) is 2.77. The van der Waals surface area contributed by atoms with Crippen molar-refractivity contribution in [2.75, 3.05) is 5.43 Å². The fourth-order valence-corrected chi connectivity index (χ4v) is 1.38. The lowest BCUT2D eigenvalue weighted by molar-refractivity contribution is 0.0399. The average Bonchev–Trinajstić information content (AvgIpc) is 2.35. The highest BCUT2D eigenvalue weighted by Gasteiger charge is 2.30. The van der Waals surface area contributed by atoms with Crippen molar-refractivity contribution < 1.29 is 10.2 Å². The third-order valence-electron chi connectivity index (χ3n) is 2.36. The van der Waals surface area contributed by atoms with Crippen molar-refractivity contribution in [3.8, 4) is 0 Å². The Morgan fingerprint density at radius 3 is 3.00 bits per heavy atom. The molecule has 2 unspecified atom stereocenters. The SMILES string of the molecule is OC1C=CC=CC1(O)C=NNc1ccccn1. The van der Waals surface area contributed by atoms with Gasteiger partial charge in [-0.3, -0.25) is 5.43 Å². The number of hydrazone groups is 1. The first-order valence-electron chi connectivity index (χ1n) is 5.18. The van der Waals surface area contributed by atoms with Crippen LogP contribution in [0.3, 0.4) is 0 Å². The Hall–Kier alpha value is -1.98. The van der Waals surface area contributed by atoms with Crippen molar-refractivity contribution >= 4 is 12.0 Å². The molecule has 17 heavy (non-hydrogen) atoms. The quantitative estimate of drug-likeness (QED) is 0.528. The zero-order valence-electron chi connectivity index (χ0n) is 9.06. The zero-order chi connectivity index (χ0) is 12.1. The minimum atomic E-state index is -1.48. The van der Waals surface area contributed by atoms with Gasteiger partial charge in [-0.25, -0.2) is 4.98 Å². The average molecular weight is 231 g/mol. The van der Waals surface area contributed by atoms with Crippen LogP contribution >= 0.6 is 0 Å². The van der Waals surface area contributed by atoms with E-state index < -0.39 is 11.7 Å². The van der Waals surface area contributed by atoms with Gasteiger partial charge < -0.3 is 10.2 Å². The summed E-state index contributed by atoms with van der Waals surface area (Å²) in [5.41, 5.74) is 1.19. The smallest absolute Gasteiger partial charge is 0.149 e. The van der Waals surface area contributed by atoms with E-state index in [1.165, 1.54) is 18.4 Å². The molecule has 88 valence electrons. The molecule has 1 aromatic heterocycles. The number of nitrogens with zero attached hydrogens (tertiary/aromatic N) is 2. The minimum Gasteiger partial charge on any atom is -0.385 e. The van der Waals surface area contributed by atoms with E-state index in [4.69, 9.17) is 0 Å². The standard InChI is InChI=1S/C12H13N3O2/c16-10-5-1-3-7-12(10,17)9-14-15-11-6-2-4-8-13-11/h1-10,16-17H,(H,13,15). The first-order valence-corrected chi connectivity index (χ1v) is 5.18. The Morgan fingerprint density at radius 2 is 2.29 bits per heavy atom. The summed E-state index contributed by atoms with van der Waals surface area (Å²) in [7, 11) is 0. The van der Waals surface area contributed by atoms with Crippen LogP contribution in [0.5, 0.6) is 0 Å². The molecule has 1 aliphatic carbocycles. The Morgan fingerprint density at radius 1 is 1.41 bits per heavy atom. The number of pyridine rings is 1. The fourth-order valence-electron chi connectivity index (χ4n) is 1.38. The van der Waals surface area contributed by atoms with Gasteiger partial charge in [0.1, 0.15) is 17.5 Å². The zero-order valence-corrected chi connectivity index (χ0v) is 9.06. The topological polar surface area (TPSA) is 77.7 Å². The lowest BCUT2D eigenvalue weighted by Crippen LogP contribution is -2.42. The summed E-state index contributed by atoms with van der Waals surface area (Å²) in [5, 5.41) is 23.5. The molecule has 2 atom stereocenters. The number of aromatic nitrogens is 1. The molecule has 5 heteroatoms. The van der Waals surface area contributed by atoms with Gasteiger partial charge in [0.05, 0.1) is 6.21 Å².